The molecule has 0 radical (unpaired) electrons. The summed E-state index contributed by atoms with van der Waals surface area (Å²) in [4.78, 5) is 12.8. The molecule has 0 saturated heterocycles. The van der Waals surface area contributed by atoms with Gasteiger partial charge in [-0.3, -0.25) is 0 Å². The summed E-state index contributed by atoms with van der Waals surface area (Å²) in [5.74, 6) is 1.28. The van der Waals surface area contributed by atoms with Gasteiger partial charge in [0.05, 0.1) is 0 Å². The zero-order valence-electron chi connectivity index (χ0n) is 15.9. The van der Waals surface area contributed by atoms with E-state index in [2.05, 4.69) is 5.16 Å². The van der Waals surface area contributed by atoms with E-state index in [9.17, 15) is 4.79 Å². The summed E-state index contributed by atoms with van der Waals surface area (Å²) in [6.07, 6.45) is 0. The van der Waals surface area contributed by atoms with Gasteiger partial charge in [0.15, 0.2) is 0 Å². The van der Waals surface area contributed by atoms with Gasteiger partial charge in [0.1, 0.15) is 35.1 Å². The first kappa shape index (κ1) is 18.5. The van der Waals surface area contributed by atoms with Gasteiger partial charge in [0, 0.05) is 11.1 Å². The Morgan fingerprint density at radius 1 is 0.897 bits per heavy atom. The Kier molecular flexibility index (Phi) is 5.38. The maximum atomic E-state index is 12.8. The summed E-state index contributed by atoms with van der Waals surface area (Å²) in [6, 6.07) is 26.3. The minimum absolute atomic E-state index is 0.0701. The lowest BCUT2D eigenvalue weighted by atomic mass is 10.1. The smallest absolute Gasteiger partial charge is 0.344 e. The predicted molar refractivity (Wildman–Crippen MR) is 109 cm³/mol. The predicted octanol–water partition coefficient (Wildman–Crippen LogP) is 5.80. The van der Waals surface area contributed by atoms with Crippen LogP contribution in [0.25, 0.3) is 11.3 Å². The summed E-state index contributed by atoms with van der Waals surface area (Å²) in [5.41, 5.74) is 2.36. The Morgan fingerprint density at radius 2 is 1.55 bits per heavy atom. The molecular formula is C24H19NO4. The monoisotopic (exact) mass is 385 g/mol. The molecule has 0 N–H and O–H groups in total. The fraction of sp³-hybridized carbons (Fsp3) is 0.0833. The minimum Gasteiger partial charge on any atom is -0.457 e. The van der Waals surface area contributed by atoms with Crippen molar-refractivity contribution in [2.75, 3.05) is 0 Å². The van der Waals surface area contributed by atoms with Crippen LogP contribution < -0.4 is 4.74 Å². The lowest BCUT2D eigenvalue weighted by molar-refractivity contribution is 0.0469. The van der Waals surface area contributed by atoms with Gasteiger partial charge in [-0.15, -0.1) is 0 Å². The van der Waals surface area contributed by atoms with Gasteiger partial charge in [0.2, 0.25) is 0 Å². The number of hydrogen-bond donors (Lipinski definition) is 0. The molecule has 144 valence electrons. The quantitative estimate of drug-likeness (QED) is 0.393. The van der Waals surface area contributed by atoms with Crippen LogP contribution in [0.5, 0.6) is 11.5 Å². The van der Waals surface area contributed by atoms with Crippen LogP contribution in [0, 0.1) is 6.92 Å². The van der Waals surface area contributed by atoms with E-state index in [0.29, 0.717) is 28.5 Å². The molecule has 29 heavy (non-hydrogen) atoms. The van der Waals surface area contributed by atoms with Crippen LogP contribution in [0.3, 0.4) is 0 Å². The minimum atomic E-state index is -0.489. The van der Waals surface area contributed by atoms with E-state index in [0.717, 1.165) is 11.1 Å². The van der Waals surface area contributed by atoms with E-state index in [-0.39, 0.29) is 6.61 Å². The molecule has 0 aliphatic heterocycles. The first-order valence-electron chi connectivity index (χ1n) is 9.22. The molecule has 5 nitrogen and oxygen atoms in total. The average Bonchev–Trinajstić information content (AvgIpc) is 3.16. The van der Waals surface area contributed by atoms with E-state index < -0.39 is 5.97 Å². The molecule has 0 atom stereocenters. The van der Waals surface area contributed by atoms with Crippen molar-refractivity contribution in [1.29, 1.82) is 0 Å². The molecule has 3 aromatic carbocycles. The lowest BCUT2D eigenvalue weighted by Gasteiger charge is -2.11. The molecule has 0 unspecified atom stereocenters. The standard InChI is InChI=1S/C24H19NO4/c1-17-22(23(25-29-17)18-10-4-2-5-11-18)24(26)27-16-19-12-8-9-15-21(19)28-20-13-6-3-7-14-20/h2-15H,16H2,1H3. The zero-order valence-corrected chi connectivity index (χ0v) is 15.9. The number of para-hydroxylation sites is 2. The second kappa shape index (κ2) is 8.44. The molecule has 4 rings (SSSR count). The van der Waals surface area contributed by atoms with E-state index in [4.69, 9.17) is 14.0 Å². The number of aryl methyl sites for hydroxylation is 1. The number of aromatic nitrogens is 1. The molecule has 1 heterocycles. The third kappa shape index (κ3) is 4.19. The van der Waals surface area contributed by atoms with Crippen molar-refractivity contribution in [3.8, 4) is 22.8 Å². The summed E-state index contributed by atoms with van der Waals surface area (Å²) in [6.45, 7) is 1.77. The van der Waals surface area contributed by atoms with Crippen molar-refractivity contribution in [1.82, 2.24) is 5.16 Å². The van der Waals surface area contributed by atoms with Crippen molar-refractivity contribution in [2.24, 2.45) is 0 Å². The number of esters is 1. The maximum Gasteiger partial charge on any atom is 0.344 e. The van der Waals surface area contributed by atoms with Gasteiger partial charge < -0.3 is 14.0 Å². The van der Waals surface area contributed by atoms with Crippen LogP contribution in [0.4, 0.5) is 0 Å². The first-order chi connectivity index (χ1) is 14.2. The van der Waals surface area contributed by atoms with Gasteiger partial charge in [-0.2, -0.15) is 0 Å². The molecule has 4 aromatic rings. The van der Waals surface area contributed by atoms with Crippen LogP contribution in [0.15, 0.2) is 89.5 Å². The first-order valence-corrected chi connectivity index (χ1v) is 9.22. The van der Waals surface area contributed by atoms with Crippen molar-refractivity contribution in [3.05, 3.63) is 102 Å². The molecule has 0 spiro atoms. The Balaban J connectivity index is 1.53. The third-order valence-corrected chi connectivity index (χ3v) is 4.42. The Labute approximate surface area is 168 Å². The summed E-state index contributed by atoms with van der Waals surface area (Å²) >= 11 is 0. The third-order valence-electron chi connectivity index (χ3n) is 4.42. The molecule has 0 fully saturated rings. The van der Waals surface area contributed by atoms with Crippen LogP contribution in [-0.2, 0) is 11.3 Å². The molecule has 0 aliphatic carbocycles. The van der Waals surface area contributed by atoms with Crippen molar-refractivity contribution in [2.45, 2.75) is 13.5 Å². The Bertz CT molecular complexity index is 1100. The number of carbonyl (C=O) groups excluding carboxylic acids is 1. The van der Waals surface area contributed by atoms with Gasteiger partial charge in [-0.05, 0) is 25.1 Å². The number of nitrogens with zero attached hydrogens (tertiary/aromatic N) is 1. The second-order valence-corrected chi connectivity index (χ2v) is 6.43. The van der Waals surface area contributed by atoms with Gasteiger partial charge in [0.25, 0.3) is 0 Å². The molecule has 0 amide bonds. The topological polar surface area (TPSA) is 61.6 Å². The van der Waals surface area contributed by atoms with E-state index in [1.807, 2.05) is 84.9 Å². The molecule has 1 aromatic heterocycles. The second-order valence-electron chi connectivity index (χ2n) is 6.43. The summed E-state index contributed by atoms with van der Waals surface area (Å²) in [5, 5.41) is 4.03. The van der Waals surface area contributed by atoms with Crippen LogP contribution >= 0.6 is 0 Å². The molecule has 5 heteroatoms. The SMILES string of the molecule is Cc1onc(-c2ccccc2)c1C(=O)OCc1ccccc1Oc1ccccc1. The van der Waals surface area contributed by atoms with Gasteiger partial charge >= 0.3 is 5.97 Å². The highest BCUT2D eigenvalue weighted by atomic mass is 16.5. The molecular weight excluding hydrogens is 366 g/mol. The lowest BCUT2D eigenvalue weighted by Crippen LogP contribution is -2.08. The number of carbonyl (C=O) groups is 1. The Morgan fingerprint density at radius 3 is 2.31 bits per heavy atom. The fourth-order valence-electron chi connectivity index (χ4n) is 2.96. The maximum absolute atomic E-state index is 12.8. The van der Waals surface area contributed by atoms with Crippen LogP contribution in [-0.4, -0.2) is 11.1 Å². The van der Waals surface area contributed by atoms with Gasteiger partial charge in [-0.1, -0.05) is 71.9 Å². The van der Waals surface area contributed by atoms with Gasteiger partial charge in [-0.25, -0.2) is 4.79 Å². The van der Waals surface area contributed by atoms with Crippen molar-refractivity contribution >= 4 is 5.97 Å². The number of ether oxygens (including phenoxy) is 2. The Hall–Kier alpha value is -3.86. The summed E-state index contributed by atoms with van der Waals surface area (Å²) in [7, 11) is 0. The highest BCUT2D eigenvalue weighted by molar-refractivity contribution is 5.97. The highest BCUT2D eigenvalue weighted by Crippen LogP contribution is 2.28. The summed E-state index contributed by atoms with van der Waals surface area (Å²) < 4.78 is 16.8. The van der Waals surface area contributed by atoms with E-state index in [1.54, 1.807) is 6.92 Å². The molecule has 0 bridgehead atoms. The fourth-order valence-corrected chi connectivity index (χ4v) is 2.96. The molecule has 0 aliphatic rings. The van der Waals surface area contributed by atoms with E-state index in [1.165, 1.54) is 0 Å². The molecule has 0 saturated carbocycles. The van der Waals surface area contributed by atoms with Crippen LogP contribution in [0.2, 0.25) is 0 Å². The zero-order chi connectivity index (χ0) is 20.1. The van der Waals surface area contributed by atoms with Crippen molar-refractivity contribution < 1.29 is 18.8 Å². The largest absolute Gasteiger partial charge is 0.457 e. The normalized spacial score (nSPS) is 10.5. The highest BCUT2D eigenvalue weighted by Gasteiger charge is 2.23. The van der Waals surface area contributed by atoms with E-state index >= 15 is 0 Å². The van der Waals surface area contributed by atoms with Crippen molar-refractivity contribution in [3.63, 3.8) is 0 Å². The average molecular weight is 385 g/mol. The van der Waals surface area contributed by atoms with Crippen LogP contribution in [0.1, 0.15) is 21.7 Å². The number of hydrogen-bond acceptors (Lipinski definition) is 5. The number of rotatable bonds is 6. The number of benzene rings is 3.